The number of carboxylic acid groups (broad SMARTS) is 2. The fourth-order valence-corrected chi connectivity index (χ4v) is 3.52. The third-order valence-electron chi connectivity index (χ3n) is 4.43. The molecule has 6 N–H and O–H groups in total. The Morgan fingerprint density at radius 1 is 1.07 bits per heavy atom. The van der Waals surface area contributed by atoms with Gasteiger partial charge in [-0.1, -0.05) is 0 Å². The molecule has 0 bridgehead atoms. The number of thioether (sulfide) groups is 1. The number of carboxylic acids is 2. The van der Waals surface area contributed by atoms with Gasteiger partial charge in [0.2, 0.25) is 17.7 Å². The molecule has 4 atom stereocenters. The highest BCUT2D eigenvalue weighted by Crippen LogP contribution is 2.08. The molecule has 0 aromatic heterocycles. The largest absolute Gasteiger partial charge is 0.481 e. The number of hydrogen-bond acceptors (Lipinski definition) is 8. The highest BCUT2D eigenvalue weighted by Gasteiger charge is 2.32. The monoisotopic (exact) mass is 464 g/mol. The maximum atomic E-state index is 12.7. The number of nitrogens with one attached hydrogen (secondary N) is 4. The van der Waals surface area contributed by atoms with Gasteiger partial charge in [-0.15, -0.1) is 0 Å². The molecule has 1 heterocycles. The van der Waals surface area contributed by atoms with Gasteiger partial charge in [0, 0.05) is 5.75 Å². The van der Waals surface area contributed by atoms with Crippen LogP contribution in [0.3, 0.4) is 0 Å². The van der Waals surface area contributed by atoms with Crippen molar-refractivity contribution in [3.05, 3.63) is 0 Å². The molecule has 0 aromatic rings. The van der Waals surface area contributed by atoms with Crippen LogP contribution in [0.5, 0.6) is 0 Å². The van der Waals surface area contributed by atoms with E-state index in [1.807, 2.05) is 6.26 Å². The van der Waals surface area contributed by atoms with Crippen LogP contribution >= 0.6 is 24.4 Å². The maximum absolute atomic E-state index is 12.7. The third-order valence-corrected chi connectivity index (χ3v) is 5.44. The van der Waals surface area contributed by atoms with Gasteiger partial charge in [-0.3, -0.25) is 19.2 Å². The standard InChI is InChI=1S/C17H28N4O7S2/c1-30-6-4-10(19-14(24)9-3-2-5-18-9)15(25)20-11(7-13(22)23)16(26)21-12(8-29)17(27)28/h9-12,18,29H,2-8H2,1H3,(H,19,24)(H,20,25)(H,21,26)(H,22,23)(H,27,28). The fraction of sp³-hybridized carbons (Fsp3) is 0.706. The summed E-state index contributed by atoms with van der Waals surface area (Å²) in [6.07, 6.45) is 2.86. The van der Waals surface area contributed by atoms with Crippen molar-refractivity contribution < 1.29 is 34.2 Å². The van der Waals surface area contributed by atoms with Crippen LogP contribution in [0.2, 0.25) is 0 Å². The van der Waals surface area contributed by atoms with Crippen molar-refractivity contribution in [3.63, 3.8) is 0 Å². The summed E-state index contributed by atoms with van der Waals surface area (Å²) in [5.74, 6) is -4.37. The zero-order chi connectivity index (χ0) is 22.7. The molecule has 3 amide bonds. The van der Waals surface area contributed by atoms with Gasteiger partial charge < -0.3 is 31.5 Å². The number of rotatable bonds is 13. The molecule has 0 aliphatic carbocycles. The smallest absolute Gasteiger partial charge is 0.327 e. The van der Waals surface area contributed by atoms with Gasteiger partial charge in [0.25, 0.3) is 0 Å². The molecule has 0 aromatic carbocycles. The summed E-state index contributed by atoms with van der Waals surface area (Å²) in [6.45, 7) is 0.705. The Hall–Kier alpha value is -1.99. The first-order valence-corrected chi connectivity index (χ1v) is 11.4. The summed E-state index contributed by atoms with van der Waals surface area (Å²) < 4.78 is 0. The van der Waals surface area contributed by atoms with Crippen LogP contribution in [-0.4, -0.2) is 88.3 Å². The minimum Gasteiger partial charge on any atom is -0.481 e. The summed E-state index contributed by atoms with van der Waals surface area (Å²) in [5.41, 5.74) is 0. The zero-order valence-electron chi connectivity index (χ0n) is 16.6. The molecular formula is C17H28N4O7S2. The number of carbonyl (C=O) groups is 5. The predicted molar refractivity (Wildman–Crippen MR) is 114 cm³/mol. The number of amides is 3. The summed E-state index contributed by atoms with van der Waals surface area (Å²) in [7, 11) is 0. The lowest BCUT2D eigenvalue weighted by atomic mass is 10.1. The third kappa shape index (κ3) is 8.79. The molecule has 11 nitrogen and oxygen atoms in total. The average Bonchev–Trinajstić information content (AvgIpc) is 3.22. The van der Waals surface area contributed by atoms with Crippen LogP contribution in [0.25, 0.3) is 0 Å². The summed E-state index contributed by atoms with van der Waals surface area (Å²) in [6, 6.07) is -4.21. The normalized spacial score (nSPS) is 18.7. The number of thiol groups is 1. The Morgan fingerprint density at radius 3 is 2.20 bits per heavy atom. The Morgan fingerprint density at radius 2 is 1.70 bits per heavy atom. The van der Waals surface area contributed by atoms with Gasteiger partial charge >= 0.3 is 11.9 Å². The van der Waals surface area contributed by atoms with E-state index in [0.29, 0.717) is 18.7 Å². The van der Waals surface area contributed by atoms with Crippen LogP contribution < -0.4 is 21.3 Å². The van der Waals surface area contributed by atoms with Crippen molar-refractivity contribution in [2.24, 2.45) is 0 Å². The van der Waals surface area contributed by atoms with Gasteiger partial charge in [0.05, 0.1) is 12.5 Å². The van der Waals surface area contributed by atoms with E-state index in [-0.39, 0.29) is 18.1 Å². The first kappa shape index (κ1) is 26.0. The molecule has 1 aliphatic rings. The van der Waals surface area contributed by atoms with E-state index >= 15 is 0 Å². The Balaban J connectivity index is 2.86. The highest BCUT2D eigenvalue weighted by molar-refractivity contribution is 7.98. The minimum atomic E-state index is -1.50. The fourth-order valence-electron chi connectivity index (χ4n) is 2.80. The van der Waals surface area contributed by atoms with Gasteiger partial charge in [-0.2, -0.15) is 24.4 Å². The van der Waals surface area contributed by atoms with Crippen molar-refractivity contribution in [1.82, 2.24) is 21.3 Å². The number of carbonyl (C=O) groups excluding carboxylic acids is 3. The van der Waals surface area contributed by atoms with E-state index in [9.17, 15) is 24.0 Å². The number of aliphatic carboxylic acids is 2. The second-order valence-electron chi connectivity index (χ2n) is 6.73. The number of hydrogen-bond donors (Lipinski definition) is 7. The molecule has 1 saturated heterocycles. The van der Waals surface area contributed by atoms with E-state index < -0.39 is 54.3 Å². The molecule has 0 spiro atoms. The SMILES string of the molecule is CSCCC(NC(=O)C1CCCN1)C(=O)NC(CC(=O)O)C(=O)NC(CS)C(=O)O. The Bertz CT molecular complexity index is 644. The molecule has 4 unspecified atom stereocenters. The van der Waals surface area contributed by atoms with Crippen LogP contribution in [-0.2, 0) is 24.0 Å². The molecule has 0 radical (unpaired) electrons. The second-order valence-corrected chi connectivity index (χ2v) is 8.08. The maximum Gasteiger partial charge on any atom is 0.327 e. The minimum absolute atomic E-state index is 0.213. The average molecular weight is 465 g/mol. The van der Waals surface area contributed by atoms with E-state index in [1.165, 1.54) is 11.8 Å². The Kier molecular flexibility index (Phi) is 11.6. The first-order chi connectivity index (χ1) is 14.2. The summed E-state index contributed by atoms with van der Waals surface area (Å²) in [5, 5.41) is 28.3. The molecule has 1 rings (SSSR count). The molecule has 1 aliphatic heterocycles. The molecule has 13 heteroatoms. The van der Waals surface area contributed by atoms with E-state index in [0.717, 1.165) is 6.42 Å². The molecule has 30 heavy (non-hydrogen) atoms. The van der Waals surface area contributed by atoms with Crippen LogP contribution in [0.4, 0.5) is 0 Å². The van der Waals surface area contributed by atoms with Crippen LogP contribution in [0, 0.1) is 0 Å². The molecule has 0 saturated carbocycles. The van der Waals surface area contributed by atoms with E-state index in [1.54, 1.807) is 0 Å². The lowest BCUT2D eigenvalue weighted by molar-refractivity contribution is -0.143. The zero-order valence-corrected chi connectivity index (χ0v) is 18.3. The van der Waals surface area contributed by atoms with Crippen molar-refractivity contribution in [3.8, 4) is 0 Å². The Labute approximate surface area is 183 Å². The highest BCUT2D eigenvalue weighted by atomic mass is 32.2. The van der Waals surface area contributed by atoms with Crippen molar-refractivity contribution >= 4 is 54.1 Å². The summed E-state index contributed by atoms with van der Waals surface area (Å²) in [4.78, 5) is 59.7. The lowest BCUT2D eigenvalue weighted by Crippen LogP contribution is -2.57. The lowest BCUT2D eigenvalue weighted by Gasteiger charge is -2.24. The van der Waals surface area contributed by atoms with E-state index in [4.69, 9.17) is 10.2 Å². The second kappa shape index (κ2) is 13.3. The quantitative estimate of drug-likeness (QED) is 0.159. The van der Waals surface area contributed by atoms with Crippen molar-refractivity contribution in [2.45, 2.75) is 49.9 Å². The molecule has 170 valence electrons. The first-order valence-electron chi connectivity index (χ1n) is 9.38. The van der Waals surface area contributed by atoms with Gasteiger partial charge in [-0.05, 0) is 37.8 Å². The topological polar surface area (TPSA) is 174 Å². The van der Waals surface area contributed by atoms with Crippen molar-refractivity contribution in [2.75, 3.05) is 24.3 Å². The van der Waals surface area contributed by atoms with E-state index in [2.05, 4.69) is 33.9 Å². The molecular weight excluding hydrogens is 436 g/mol. The predicted octanol–water partition coefficient (Wildman–Crippen LogP) is -1.56. The summed E-state index contributed by atoms with van der Waals surface area (Å²) >= 11 is 5.30. The van der Waals surface area contributed by atoms with Crippen LogP contribution in [0.1, 0.15) is 25.7 Å². The van der Waals surface area contributed by atoms with Gasteiger partial charge in [0.1, 0.15) is 18.1 Å². The van der Waals surface area contributed by atoms with Gasteiger partial charge in [0.15, 0.2) is 0 Å². The molecule has 1 fully saturated rings. The van der Waals surface area contributed by atoms with Crippen LogP contribution in [0.15, 0.2) is 0 Å². The van der Waals surface area contributed by atoms with Crippen molar-refractivity contribution in [1.29, 1.82) is 0 Å². The van der Waals surface area contributed by atoms with Gasteiger partial charge in [-0.25, -0.2) is 4.79 Å².